The predicted molar refractivity (Wildman–Crippen MR) is 57.8 cm³/mol. The first kappa shape index (κ1) is 12.5. The van der Waals surface area contributed by atoms with Gasteiger partial charge in [0.1, 0.15) is 0 Å². The molecule has 15 heavy (non-hydrogen) atoms. The van der Waals surface area contributed by atoms with E-state index in [2.05, 4.69) is 4.90 Å². The van der Waals surface area contributed by atoms with Crippen molar-refractivity contribution in [2.75, 3.05) is 32.8 Å². The molecular formula is C11H21NO3. The molecule has 1 rings (SSSR count). The Morgan fingerprint density at radius 1 is 1.40 bits per heavy atom. The highest BCUT2D eigenvalue weighted by molar-refractivity contribution is 5.71. The number of carboxylic acid groups (broad SMARTS) is 1. The van der Waals surface area contributed by atoms with Gasteiger partial charge in [0.25, 0.3) is 0 Å². The van der Waals surface area contributed by atoms with Gasteiger partial charge in [0.15, 0.2) is 0 Å². The zero-order valence-electron chi connectivity index (χ0n) is 9.82. The number of ether oxygens (including phenoxy) is 1. The summed E-state index contributed by atoms with van der Waals surface area (Å²) in [5.41, 5.74) is -0.190. The Kier molecular flexibility index (Phi) is 4.11. The van der Waals surface area contributed by atoms with Crippen LogP contribution in [0.5, 0.6) is 0 Å². The molecule has 4 nitrogen and oxygen atoms in total. The second kappa shape index (κ2) is 4.94. The number of aliphatic carboxylic acids is 1. The minimum absolute atomic E-state index is 0.190. The average Bonchev–Trinajstić information content (AvgIpc) is 2.13. The smallest absolute Gasteiger partial charge is 0.308 e. The van der Waals surface area contributed by atoms with Gasteiger partial charge in [0, 0.05) is 19.6 Å². The summed E-state index contributed by atoms with van der Waals surface area (Å²) in [7, 11) is 0. The van der Waals surface area contributed by atoms with Gasteiger partial charge < -0.3 is 9.84 Å². The second-order valence-corrected chi connectivity index (χ2v) is 5.17. The minimum Gasteiger partial charge on any atom is -0.481 e. The Bertz CT molecular complexity index is 216. The van der Waals surface area contributed by atoms with Gasteiger partial charge in [-0.1, -0.05) is 20.8 Å². The van der Waals surface area contributed by atoms with Gasteiger partial charge in [-0.3, -0.25) is 9.69 Å². The number of rotatable bonds is 3. The fraction of sp³-hybridized carbons (Fsp3) is 0.909. The Labute approximate surface area is 91.2 Å². The molecular weight excluding hydrogens is 194 g/mol. The van der Waals surface area contributed by atoms with E-state index in [0.717, 1.165) is 26.3 Å². The lowest BCUT2D eigenvalue weighted by Gasteiger charge is -2.34. The highest BCUT2D eigenvalue weighted by Gasteiger charge is 2.32. The van der Waals surface area contributed by atoms with E-state index >= 15 is 0 Å². The van der Waals surface area contributed by atoms with E-state index in [0.29, 0.717) is 6.54 Å². The van der Waals surface area contributed by atoms with Crippen molar-refractivity contribution in [3.05, 3.63) is 0 Å². The summed E-state index contributed by atoms with van der Waals surface area (Å²) in [6.45, 7) is 9.69. The van der Waals surface area contributed by atoms with Crippen molar-refractivity contribution in [2.24, 2.45) is 11.3 Å². The van der Waals surface area contributed by atoms with Gasteiger partial charge >= 0.3 is 5.97 Å². The molecule has 1 fully saturated rings. The van der Waals surface area contributed by atoms with Crippen molar-refractivity contribution in [1.82, 2.24) is 4.90 Å². The van der Waals surface area contributed by atoms with Crippen LogP contribution in [0, 0.1) is 11.3 Å². The van der Waals surface area contributed by atoms with Crippen molar-refractivity contribution in [3.8, 4) is 0 Å². The van der Waals surface area contributed by atoms with E-state index in [1.165, 1.54) is 0 Å². The topological polar surface area (TPSA) is 49.8 Å². The maximum Gasteiger partial charge on any atom is 0.308 e. The molecule has 0 spiro atoms. The largest absolute Gasteiger partial charge is 0.481 e. The third-order valence-corrected chi connectivity index (χ3v) is 2.89. The van der Waals surface area contributed by atoms with Crippen LogP contribution in [0.1, 0.15) is 20.8 Å². The molecule has 4 heteroatoms. The molecule has 1 heterocycles. The molecule has 0 radical (unpaired) electrons. The quantitative estimate of drug-likeness (QED) is 0.765. The van der Waals surface area contributed by atoms with Crippen LogP contribution in [0.3, 0.4) is 0 Å². The third kappa shape index (κ3) is 3.80. The van der Waals surface area contributed by atoms with E-state index in [-0.39, 0.29) is 11.3 Å². The van der Waals surface area contributed by atoms with Crippen LogP contribution in [-0.4, -0.2) is 48.8 Å². The maximum atomic E-state index is 11.2. The number of carboxylic acids is 1. The van der Waals surface area contributed by atoms with Crippen molar-refractivity contribution in [1.29, 1.82) is 0 Å². The molecule has 0 aromatic rings. The first-order chi connectivity index (χ1) is 6.91. The van der Waals surface area contributed by atoms with Crippen molar-refractivity contribution < 1.29 is 14.6 Å². The molecule has 1 aliphatic rings. The van der Waals surface area contributed by atoms with Crippen molar-refractivity contribution in [3.63, 3.8) is 0 Å². The van der Waals surface area contributed by atoms with E-state index in [4.69, 9.17) is 4.74 Å². The number of morpholine rings is 1. The number of hydrogen-bond donors (Lipinski definition) is 1. The molecule has 0 aromatic carbocycles. The molecule has 1 saturated heterocycles. The fourth-order valence-electron chi connectivity index (χ4n) is 1.76. The van der Waals surface area contributed by atoms with Crippen LogP contribution < -0.4 is 0 Å². The Balaban J connectivity index is 2.54. The summed E-state index contributed by atoms with van der Waals surface area (Å²) >= 11 is 0. The van der Waals surface area contributed by atoms with Crippen LogP contribution in [0.2, 0.25) is 0 Å². The first-order valence-corrected chi connectivity index (χ1v) is 5.44. The third-order valence-electron chi connectivity index (χ3n) is 2.89. The molecule has 1 unspecified atom stereocenters. The summed E-state index contributed by atoms with van der Waals surface area (Å²) in [5, 5.41) is 9.18. The first-order valence-electron chi connectivity index (χ1n) is 5.44. The second-order valence-electron chi connectivity index (χ2n) is 5.17. The van der Waals surface area contributed by atoms with E-state index in [1.807, 2.05) is 20.8 Å². The number of nitrogens with zero attached hydrogens (tertiary/aromatic N) is 1. The SMILES string of the molecule is CC(C)(C)C(CN1CCOCC1)C(=O)O. The van der Waals surface area contributed by atoms with E-state index < -0.39 is 5.97 Å². The molecule has 0 aliphatic carbocycles. The van der Waals surface area contributed by atoms with E-state index in [9.17, 15) is 9.90 Å². The van der Waals surface area contributed by atoms with Gasteiger partial charge in [-0.2, -0.15) is 0 Å². The van der Waals surface area contributed by atoms with Crippen molar-refractivity contribution in [2.45, 2.75) is 20.8 Å². The molecule has 0 amide bonds. The lowest BCUT2D eigenvalue weighted by molar-refractivity contribution is -0.147. The molecule has 1 aliphatic heterocycles. The zero-order valence-corrected chi connectivity index (χ0v) is 9.82. The Hall–Kier alpha value is -0.610. The molecule has 1 atom stereocenters. The van der Waals surface area contributed by atoms with Crippen LogP contribution in [0.4, 0.5) is 0 Å². The van der Waals surface area contributed by atoms with Crippen LogP contribution in [0.25, 0.3) is 0 Å². The van der Waals surface area contributed by atoms with Crippen LogP contribution >= 0.6 is 0 Å². The fourth-order valence-corrected chi connectivity index (χ4v) is 1.76. The van der Waals surface area contributed by atoms with Gasteiger partial charge in [-0.15, -0.1) is 0 Å². The molecule has 0 aromatic heterocycles. The van der Waals surface area contributed by atoms with Crippen LogP contribution in [0.15, 0.2) is 0 Å². The van der Waals surface area contributed by atoms with Gasteiger partial charge in [-0.25, -0.2) is 0 Å². The lowest BCUT2D eigenvalue weighted by Crippen LogP contribution is -2.44. The monoisotopic (exact) mass is 215 g/mol. The Morgan fingerprint density at radius 3 is 2.33 bits per heavy atom. The maximum absolute atomic E-state index is 11.2. The van der Waals surface area contributed by atoms with E-state index in [1.54, 1.807) is 0 Å². The minimum atomic E-state index is -0.700. The molecule has 0 saturated carbocycles. The zero-order chi connectivity index (χ0) is 11.5. The normalized spacial score (nSPS) is 21.3. The van der Waals surface area contributed by atoms with Crippen LogP contribution in [-0.2, 0) is 9.53 Å². The standard InChI is InChI=1S/C11H21NO3/c1-11(2,3)9(10(13)14)8-12-4-6-15-7-5-12/h9H,4-8H2,1-3H3,(H,13,14). The molecule has 0 bridgehead atoms. The molecule has 1 N–H and O–H groups in total. The summed E-state index contributed by atoms with van der Waals surface area (Å²) in [4.78, 5) is 13.3. The van der Waals surface area contributed by atoms with Crippen molar-refractivity contribution >= 4 is 5.97 Å². The molecule has 88 valence electrons. The highest BCUT2D eigenvalue weighted by Crippen LogP contribution is 2.27. The summed E-state index contributed by atoms with van der Waals surface area (Å²) in [6.07, 6.45) is 0. The average molecular weight is 215 g/mol. The van der Waals surface area contributed by atoms with Gasteiger partial charge in [0.2, 0.25) is 0 Å². The van der Waals surface area contributed by atoms with Gasteiger partial charge in [-0.05, 0) is 5.41 Å². The highest BCUT2D eigenvalue weighted by atomic mass is 16.5. The summed E-state index contributed by atoms with van der Waals surface area (Å²) in [5.74, 6) is -1.01. The van der Waals surface area contributed by atoms with Gasteiger partial charge in [0.05, 0.1) is 19.1 Å². The number of hydrogen-bond acceptors (Lipinski definition) is 3. The predicted octanol–water partition coefficient (Wildman–Crippen LogP) is 1.07. The summed E-state index contributed by atoms with van der Waals surface area (Å²) < 4.78 is 5.24. The summed E-state index contributed by atoms with van der Waals surface area (Å²) in [6, 6.07) is 0. The Morgan fingerprint density at radius 2 is 1.93 bits per heavy atom. The number of carbonyl (C=O) groups is 1. The lowest BCUT2D eigenvalue weighted by atomic mass is 9.80.